The normalized spacial score (nSPS) is 10.8. The van der Waals surface area contributed by atoms with E-state index in [0.717, 1.165) is 22.3 Å². The topological polar surface area (TPSA) is 57.4 Å². The highest BCUT2D eigenvalue weighted by atomic mass is 16.5. The summed E-state index contributed by atoms with van der Waals surface area (Å²) in [6, 6.07) is 21.3. The van der Waals surface area contributed by atoms with Crippen LogP contribution in [0, 0.1) is 0 Å². The lowest BCUT2D eigenvalue weighted by Gasteiger charge is -2.06. The quantitative estimate of drug-likeness (QED) is 0.539. The molecular formula is C20H16N2O3. The number of hydrogen-bond donors (Lipinski definition) is 0. The van der Waals surface area contributed by atoms with E-state index >= 15 is 0 Å². The molecule has 0 unspecified atom stereocenters. The van der Waals surface area contributed by atoms with Crippen LogP contribution in [0.15, 0.2) is 71.3 Å². The molecule has 0 saturated heterocycles. The minimum Gasteiger partial charge on any atom is -0.496 e. The summed E-state index contributed by atoms with van der Waals surface area (Å²) in [6.07, 6.45) is 0. The Morgan fingerprint density at radius 3 is 2.56 bits per heavy atom. The Morgan fingerprint density at radius 1 is 0.920 bits per heavy atom. The molecule has 4 aromatic rings. The molecule has 0 aliphatic rings. The summed E-state index contributed by atoms with van der Waals surface area (Å²) in [4.78, 5) is 4.40. The van der Waals surface area contributed by atoms with Gasteiger partial charge in [0, 0.05) is 11.6 Å². The van der Waals surface area contributed by atoms with Gasteiger partial charge in [0.1, 0.15) is 18.1 Å². The first-order chi connectivity index (χ1) is 12.3. The van der Waals surface area contributed by atoms with Crippen LogP contribution in [-0.4, -0.2) is 17.3 Å². The van der Waals surface area contributed by atoms with Crippen LogP contribution in [0.2, 0.25) is 0 Å². The fourth-order valence-corrected chi connectivity index (χ4v) is 2.66. The second-order valence-corrected chi connectivity index (χ2v) is 5.51. The number of fused-ring (bicyclic) bond motifs is 1. The molecule has 25 heavy (non-hydrogen) atoms. The number of ether oxygens (including phenoxy) is 2. The molecule has 0 fully saturated rings. The molecule has 0 radical (unpaired) electrons. The molecule has 2 aromatic heterocycles. The van der Waals surface area contributed by atoms with Crippen LogP contribution in [0.4, 0.5) is 0 Å². The van der Waals surface area contributed by atoms with Crippen LogP contribution in [-0.2, 0) is 6.61 Å². The van der Waals surface area contributed by atoms with Crippen molar-refractivity contribution in [1.82, 2.24) is 10.1 Å². The zero-order valence-electron chi connectivity index (χ0n) is 13.7. The average molecular weight is 332 g/mol. The molecule has 0 saturated carbocycles. The minimum atomic E-state index is 0.437. The first-order valence-electron chi connectivity index (χ1n) is 7.91. The molecule has 0 aliphatic heterocycles. The first-order valence-corrected chi connectivity index (χ1v) is 7.91. The summed E-state index contributed by atoms with van der Waals surface area (Å²) < 4.78 is 16.5. The molecule has 0 spiro atoms. The lowest BCUT2D eigenvalue weighted by Crippen LogP contribution is -1.96. The summed E-state index contributed by atoms with van der Waals surface area (Å²) in [7, 11) is 1.63. The molecule has 0 atom stereocenters. The summed E-state index contributed by atoms with van der Waals surface area (Å²) >= 11 is 0. The molecule has 4 rings (SSSR count). The molecule has 5 heteroatoms. The lowest BCUT2D eigenvalue weighted by molar-refractivity contribution is 0.293. The first kappa shape index (κ1) is 15.2. The van der Waals surface area contributed by atoms with Crippen molar-refractivity contribution in [3.8, 4) is 22.9 Å². The number of methoxy groups -OCH3 is 1. The number of rotatable bonds is 5. The van der Waals surface area contributed by atoms with Gasteiger partial charge in [0.05, 0.1) is 12.5 Å². The van der Waals surface area contributed by atoms with Crippen molar-refractivity contribution in [2.45, 2.75) is 6.61 Å². The number of aromatic nitrogens is 2. The Labute approximate surface area is 144 Å². The summed E-state index contributed by atoms with van der Waals surface area (Å²) in [5, 5.41) is 4.98. The summed E-state index contributed by atoms with van der Waals surface area (Å²) in [6.45, 7) is 0.451. The zero-order valence-corrected chi connectivity index (χ0v) is 13.7. The summed E-state index contributed by atoms with van der Waals surface area (Å²) in [5.74, 6) is 1.24. The van der Waals surface area contributed by atoms with E-state index in [1.165, 1.54) is 0 Å². The Kier molecular flexibility index (Phi) is 4.04. The van der Waals surface area contributed by atoms with E-state index in [-0.39, 0.29) is 0 Å². The van der Waals surface area contributed by atoms with Crippen LogP contribution in [0.25, 0.3) is 22.4 Å². The molecule has 124 valence electrons. The van der Waals surface area contributed by atoms with Crippen molar-refractivity contribution in [2.24, 2.45) is 0 Å². The third-order valence-corrected chi connectivity index (χ3v) is 3.90. The Morgan fingerprint density at radius 2 is 1.72 bits per heavy atom. The molecule has 2 heterocycles. The number of benzene rings is 2. The van der Waals surface area contributed by atoms with Gasteiger partial charge in [-0.1, -0.05) is 47.6 Å². The van der Waals surface area contributed by atoms with Gasteiger partial charge in [-0.2, -0.15) is 4.98 Å². The molecule has 2 aromatic carbocycles. The van der Waals surface area contributed by atoms with Gasteiger partial charge in [-0.25, -0.2) is 0 Å². The van der Waals surface area contributed by atoms with Gasteiger partial charge >= 0.3 is 0 Å². The van der Waals surface area contributed by atoms with Crippen molar-refractivity contribution in [3.05, 3.63) is 72.3 Å². The van der Waals surface area contributed by atoms with Crippen molar-refractivity contribution in [2.75, 3.05) is 7.11 Å². The van der Waals surface area contributed by atoms with Gasteiger partial charge in [-0.15, -0.1) is 0 Å². The molecule has 0 bridgehead atoms. The highest BCUT2D eigenvalue weighted by Crippen LogP contribution is 2.34. The van der Waals surface area contributed by atoms with Crippen molar-refractivity contribution < 1.29 is 14.0 Å². The molecular weight excluding hydrogens is 316 g/mol. The lowest BCUT2D eigenvalue weighted by atomic mass is 10.1. The van der Waals surface area contributed by atoms with Crippen LogP contribution >= 0.6 is 0 Å². The van der Waals surface area contributed by atoms with E-state index in [1.54, 1.807) is 7.11 Å². The molecule has 0 aliphatic carbocycles. The maximum Gasteiger partial charge on any atom is 0.261 e. The second-order valence-electron chi connectivity index (χ2n) is 5.51. The van der Waals surface area contributed by atoms with E-state index in [4.69, 9.17) is 14.0 Å². The average Bonchev–Trinajstić information content (AvgIpc) is 3.10. The third-order valence-electron chi connectivity index (χ3n) is 3.90. The second kappa shape index (κ2) is 6.65. The SMILES string of the molecule is COc1ccccc1-c1noc2nc(OCc3ccccc3)ccc12. The van der Waals surface area contributed by atoms with Crippen molar-refractivity contribution in [3.63, 3.8) is 0 Å². The van der Waals surface area contributed by atoms with E-state index in [2.05, 4.69) is 10.1 Å². The fraction of sp³-hybridized carbons (Fsp3) is 0.100. The minimum absolute atomic E-state index is 0.437. The monoisotopic (exact) mass is 332 g/mol. The zero-order chi connectivity index (χ0) is 17.1. The summed E-state index contributed by atoms with van der Waals surface area (Å²) in [5.41, 5.74) is 3.08. The molecule has 5 nitrogen and oxygen atoms in total. The highest BCUT2D eigenvalue weighted by molar-refractivity contribution is 5.91. The van der Waals surface area contributed by atoms with Gasteiger partial charge in [0.25, 0.3) is 5.71 Å². The molecule has 0 amide bonds. The van der Waals surface area contributed by atoms with Gasteiger partial charge in [-0.3, -0.25) is 0 Å². The van der Waals surface area contributed by atoms with Gasteiger partial charge in [0.2, 0.25) is 5.88 Å². The maximum atomic E-state index is 5.74. The largest absolute Gasteiger partial charge is 0.496 e. The highest BCUT2D eigenvalue weighted by Gasteiger charge is 2.15. The maximum absolute atomic E-state index is 5.74. The molecule has 0 N–H and O–H groups in total. The Bertz CT molecular complexity index is 996. The predicted molar refractivity (Wildman–Crippen MR) is 94.6 cm³/mol. The third kappa shape index (κ3) is 3.04. The number of pyridine rings is 1. The fourth-order valence-electron chi connectivity index (χ4n) is 2.66. The predicted octanol–water partition coefficient (Wildman–Crippen LogP) is 4.48. The van der Waals surface area contributed by atoms with E-state index in [0.29, 0.717) is 23.9 Å². The number of nitrogens with zero attached hydrogens (tertiary/aromatic N) is 2. The van der Waals surface area contributed by atoms with Crippen LogP contribution in [0.3, 0.4) is 0 Å². The van der Waals surface area contributed by atoms with Crippen LogP contribution in [0.1, 0.15) is 5.56 Å². The van der Waals surface area contributed by atoms with Gasteiger partial charge in [0.15, 0.2) is 0 Å². The van der Waals surface area contributed by atoms with Crippen molar-refractivity contribution >= 4 is 11.1 Å². The Balaban J connectivity index is 1.63. The van der Waals surface area contributed by atoms with Crippen molar-refractivity contribution in [1.29, 1.82) is 0 Å². The van der Waals surface area contributed by atoms with Gasteiger partial charge < -0.3 is 14.0 Å². The van der Waals surface area contributed by atoms with Gasteiger partial charge in [-0.05, 0) is 23.8 Å². The standard InChI is InChI=1S/C20H16N2O3/c1-23-17-10-6-5-9-15(17)19-16-11-12-18(21-20(16)25-22-19)24-13-14-7-3-2-4-8-14/h2-12H,13H2,1H3. The van der Waals surface area contributed by atoms with Crippen LogP contribution in [0.5, 0.6) is 11.6 Å². The van der Waals surface area contributed by atoms with Crippen LogP contribution < -0.4 is 9.47 Å². The number of para-hydroxylation sites is 1. The Hall–Kier alpha value is -3.34. The van der Waals surface area contributed by atoms with E-state index < -0.39 is 0 Å². The van der Waals surface area contributed by atoms with E-state index in [9.17, 15) is 0 Å². The smallest absolute Gasteiger partial charge is 0.261 e. The van der Waals surface area contributed by atoms with E-state index in [1.807, 2.05) is 66.7 Å². The number of hydrogen-bond acceptors (Lipinski definition) is 5.